The first-order valence-corrected chi connectivity index (χ1v) is 6.88. The molecule has 1 aliphatic rings. The lowest BCUT2D eigenvalue weighted by molar-refractivity contribution is 0.297. The molecule has 0 radical (unpaired) electrons. The summed E-state index contributed by atoms with van der Waals surface area (Å²) in [7, 11) is 1.91. The van der Waals surface area contributed by atoms with Crippen LogP contribution in [0.1, 0.15) is 24.9 Å². The first-order chi connectivity index (χ1) is 9.72. The third kappa shape index (κ3) is 2.71. The minimum absolute atomic E-state index is 0.155. The lowest BCUT2D eigenvalue weighted by Crippen LogP contribution is -2.08. The van der Waals surface area contributed by atoms with Gasteiger partial charge in [-0.1, -0.05) is 6.07 Å². The summed E-state index contributed by atoms with van der Waals surface area (Å²) in [6.45, 7) is 3.53. The van der Waals surface area contributed by atoms with Gasteiger partial charge in [0.2, 0.25) is 0 Å². The molecule has 1 N–H and O–H groups in total. The Morgan fingerprint density at radius 2 is 2.00 bits per heavy atom. The number of aryl methyl sites for hydroxylation is 1. The molecule has 5 heteroatoms. The van der Waals surface area contributed by atoms with Gasteiger partial charge in [0.15, 0.2) is 11.5 Å². The average Bonchev–Trinajstić information content (AvgIpc) is 2.72. The normalized spacial score (nSPS) is 15.5. The molecule has 0 saturated carbocycles. The number of fused-ring (bicyclic) bond motifs is 1. The van der Waals surface area contributed by atoms with E-state index in [4.69, 9.17) is 9.47 Å². The second kappa shape index (κ2) is 5.45. The summed E-state index contributed by atoms with van der Waals surface area (Å²) in [4.78, 5) is 0. The Hall–Kier alpha value is -2.17. The number of anilines is 1. The van der Waals surface area contributed by atoms with Crippen LogP contribution in [-0.4, -0.2) is 23.0 Å². The van der Waals surface area contributed by atoms with Crippen molar-refractivity contribution in [2.75, 3.05) is 18.5 Å². The van der Waals surface area contributed by atoms with Crippen LogP contribution in [0.2, 0.25) is 0 Å². The van der Waals surface area contributed by atoms with Crippen LogP contribution in [0.5, 0.6) is 11.5 Å². The number of aromatic nitrogens is 2. The van der Waals surface area contributed by atoms with E-state index in [1.54, 1.807) is 4.68 Å². The number of benzene rings is 1. The summed E-state index contributed by atoms with van der Waals surface area (Å²) in [6, 6.07) is 8.20. The lowest BCUT2D eigenvalue weighted by atomic mass is 10.1. The average molecular weight is 273 g/mol. The van der Waals surface area contributed by atoms with E-state index < -0.39 is 0 Å². The van der Waals surface area contributed by atoms with Gasteiger partial charge in [0.1, 0.15) is 5.82 Å². The van der Waals surface area contributed by atoms with Gasteiger partial charge in [0.05, 0.1) is 19.3 Å². The fourth-order valence-electron chi connectivity index (χ4n) is 2.25. The van der Waals surface area contributed by atoms with Gasteiger partial charge in [-0.05, 0) is 24.6 Å². The predicted molar refractivity (Wildman–Crippen MR) is 77.3 cm³/mol. The Morgan fingerprint density at radius 3 is 2.75 bits per heavy atom. The van der Waals surface area contributed by atoms with Gasteiger partial charge >= 0.3 is 0 Å². The Morgan fingerprint density at radius 1 is 1.20 bits per heavy atom. The predicted octanol–water partition coefficient (Wildman–Crippen LogP) is 2.75. The van der Waals surface area contributed by atoms with E-state index in [0.717, 1.165) is 29.3 Å². The van der Waals surface area contributed by atoms with E-state index in [1.807, 2.05) is 31.4 Å². The second-order valence-electron chi connectivity index (χ2n) is 5.00. The van der Waals surface area contributed by atoms with Crippen LogP contribution in [-0.2, 0) is 7.05 Å². The van der Waals surface area contributed by atoms with Crippen LogP contribution in [0.25, 0.3) is 0 Å². The van der Waals surface area contributed by atoms with Crippen molar-refractivity contribution in [2.45, 2.75) is 19.4 Å². The summed E-state index contributed by atoms with van der Waals surface area (Å²) in [5.74, 6) is 2.53. The number of ether oxygens (including phenoxy) is 2. The summed E-state index contributed by atoms with van der Waals surface area (Å²) < 4.78 is 13.1. The number of nitrogens with zero attached hydrogens (tertiary/aromatic N) is 2. The minimum atomic E-state index is 0.155. The Labute approximate surface area is 118 Å². The number of rotatable bonds is 3. The third-order valence-electron chi connectivity index (χ3n) is 3.35. The molecule has 3 rings (SSSR count). The molecule has 2 heterocycles. The summed E-state index contributed by atoms with van der Waals surface area (Å²) >= 11 is 0. The molecule has 0 aliphatic carbocycles. The molecule has 1 unspecified atom stereocenters. The lowest BCUT2D eigenvalue weighted by Gasteiger charge is -2.16. The molecule has 0 saturated heterocycles. The smallest absolute Gasteiger partial charge is 0.161 e. The van der Waals surface area contributed by atoms with E-state index in [2.05, 4.69) is 23.4 Å². The summed E-state index contributed by atoms with van der Waals surface area (Å²) in [5, 5.41) is 7.70. The van der Waals surface area contributed by atoms with Crippen molar-refractivity contribution in [3.63, 3.8) is 0 Å². The van der Waals surface area contributed by atoms with Crippen LogP contribution in [0.3, 0.4) is 0 Å². The highest BCUT2D eigenvalue weighted by Gasteiger charge is 2.14. The van der Waals surface area contributed by atoms with Gasteiger partial charge in [-0.25, -0.2) is 0 Å². The monoisotopic (exact) mass is 273 g/mol. The van der Waals surface area contributed by atoms with Crippen LogP contribution < -0.4 is 14.8 Å². The van der Waals surface area contributed by atoms with E-state index in [-0.39, 0.29) is 6.04 Å². The van der Waals surface area contributed by atoms with Crippen molar-refractivity contribution in [2.24, 2.45) is 7.05 Å². The third-order valence-corrected chi connectivity index (χ3v) is 3.35. The van der Waals surface area contributed by atoms with E-state index in [0.29, 0.717) is 13.2 Å². The molecule has 0 amide bonds. The van der Waals surface area contributed by atoms with E-state index >= 15 is 0 Å². The fraction of sp³-hybridized carbons (Fsp3) is 0.400. The largest absolute Gasteiger partial charge is 0.490 e. The molecule has 2 aromatic rings. The highest BCUT2D eigenvalue weighted by atomic mass is 16.5. The topological polar surface area (TPSA) is 48.3 Å². The van der Waals surface area contributed by atoms with Crippen molar-refractivity contribution >= 4 is 5.82 Å². The highest BCUT2D eigenvalue weighted by Crippen LogP contribution is 2.32. The van der Waals surface area contributed by atoms with Crippen LogP contribution >= 0.6 is 0 Å². The van der Waals surface area contributed by atoms with Crippen molar-refractivity contribution in [1.29, 1.82) is 0 Å². The molecule has 106 valence electrons. The van der Waals surface area contributed by atoms with Crippen LogP contribution in [0.4, 0.5) is 5.82 Å². The van der Waals surface area contributed by atoms with Crippen molar-refractivity contribution in [3.8, 4) is 11.5 Å². The first kappa shape index (κ1) is 12.8. The van der Waals surface area contributed by atoms with Gasteiger partial charge < -0.3 is 14.8 Å². The summed E-state index contributed by atoms with van der Waals surface area (Å²) in [5.41, 5.74) is 1.15. The zero-order chi connectivity index (χ0) is 13.9. The number of hydrogen-bond acceptors (Lipinski definition) is 4. The molecule has 0 spiro atoms. The Kier molecular flexibility index (Phi) is 3.50. The van der Waals surface area contributed by atoms with Crippen LogP contribution in [0.15, 0.2) is 30.5 Å². The standard InChI is InChI=1S/C15H19N3O2/c1-11(16-15-6-7-18(2)17-15)12-4-5-13-14(10-12)20-9-3-8-19-13/h4-7,10-11H,3,8-9H2,1-2H3,(H,16,17). The maximum absolute atomic E-state index is 5.72. The maximum atomic E-state index is 5.72. The minimum Gasteiger partial charge on any atom is -0.490 e. The Bertz CT molecular complexity index is 595. The van der Waals surface area contributed by atoms with Crippen LogP contribution in [0, 0.1) is 0 Å². The quantitative estimate of drug-likeness (QED) is 0.934. The highest BCUT2D eigenvalue weighted by molar-refractivity contribution is 5.46. The van der Waals surface area contributed by atoms with Gasteiger partial charge in [0.25, 0.3) is 0 Å². The SMILES string of the molecule is CC(Nc1ccn(C)n1)c1ccc2c(c1)OCCCO2. The zero-order valence-corrected chi connectivity index (χ0v) is 11.8. The first-order valence-electron chi connectivity index (χ1n) is 6.88. The molecule has 1 aromatic carbocycles. The zero-order valence-electron chi connectivity index (χ0n) is 11.8. The van der Waals surface area contributed by atoms with Gasteiger partial charge in [-0.3, -0.25) is 4.68 Å². The van der Waals surface area contributed by atoms with E-state index in [1.165, 1.54) is 0 Å². The molecule has 0 bridgehead atoms. The molecule has 1 aliphatic heterocycles. The maximum Gasteiger partial charge on any atom is 0.161 e. The van der Waals surface area contributed by atoms with Gasteiger partial charge in [-0.2, -0.15) is 5.10 Å². The molecule has 20 heavy (non-hydrogen) atoms. The van der Waals surface area contributed by atoms with Crippen molar-refractivity contribution in [3.05, 3.63) is 36.0 Å². The summed E-state index contributed by atoms with van der Waals surface area (Å²) in [6.07, 6.45) is 2.84. The molecule has 0 fully saturated rings. The van der Waals surface area contributed by atoms with Gasteiger partial charge in [-0.15, -0.1) is 0 Å². The molecular weight excluding hydrogens is 254 g/mol. The number of hydrogen-bond donors (Lipinski definition) is 1. The second-order valence-corrected chi connectivity index (χ2v) is 5.00. The van der Waals surface area contributed by atoms with E-state index in [9.17, 15) is 0 Å². The van der Waals surface area contributed by atoms with Crippen molar-refractivity contribution < 1.29 is 9.47 Å². The molecule has 1 aromatic heterocycles. The fourth-order valence-corrected chi connectivity index (χ4v) is 2.25. The molecule has 1 atom stereocenters. The van der Waals surface area contributed by atoms with Crippen molar-refractivity contribution in [1.82, 2.24) is 9.78 Å². The molecule has 5 nitrogen and oxygen atoms in total. The number of nitrogens with one attached hydrogen (secondary N) is 1. The molecular formula is C15H19N3O2. The van der Waals surface area contributed by atoms with Gasteiger partial charge in [0, 0.05) is 25.7 Å². The Balaban J connectivity index is 1.77.